The van der Waals surface area contributed by atoms with Crippen molar-refractivity contribution >= 4 is 22.2 Å². The second-order valence-electron chi connectivity index (χ2n) is 9.24. The van der Waals surface area contributed by atoms with E-state index >= 15 is 0 Å². The molecule has 0 unspecified atom stereocenters. The highest BCUT2D eigenvalue weighted by Gasteiger charge is 2.21. The Kier molecular flexibility index (Phi) is 7.65. The topological polar surface area (TPSA) is 94.1 Å². The molecule has 0 heterocycles. The second kappa shape index (κ2) is 10.3. The zero-order valence-electron chi connectivity index (χ0n) is 20.7. The molecule has 0 fully saturated rings. The molecule has 3 rings (SSSR count). The number of ether oxygens (including phenoxy) is 1. The van der Waals surface area contributed by atoms with Gasteiger partial charge in [-0.3, -0.25) is 4.79 Å². The van der Waals surface area contributed by atoms with Crippen molar-refractivity contribution in [3.63, 3.8) is 0 Å². The van der Waals surface area contributed by atoms with E-state index in [0.717, 1.165) is 11.1 Å². The van der Waals surface area contributed by atoms with Gasteiger partial charge in [0.15, 0.2) is 11.5 Å². The van der Waals surface area contributed by atoms with E-state index in [4.69, 9.17) is 8.92 Å². The Morgan fingerprint density at radius 2 is 1.63 bits per heavy atom. The molecule has 0 atom stereocenters. The standard InChI is InChI=1S/C27H30N2O5S/c1-18-7-8-19(2)25(15-18)35(31,32)34-23-14-9-20(16-24(23)33-6)17-28-29-26(30)21-10-12-22(13-11-21)27(3,4)5/h7-17H,1-6H3,(H,29,30). The molecular weight excluding hydrogens is 464 g/mol. The number of carbonyl (C=O) groups excluding carboxylic acids is 1. The van der Waals surface area contributed by atoms with Crippen LogP contribution in [0.4, 0.5) is 0 Å². The lowest BCUT2D eigenvalue weighted by atomic mass is 9.87. The summed E-state index contributed by atoms with van der Waals surface area (Å²) < 4.78 is 36.4. The molecule has 1 N–H and O–H groups in total. The Bertz CT molecular complexity index is 1360. The van der Waals surface area contributed by atoms with Gasteiger partial charge in [-0.05, 0) is 77.9 Å². The molecule has 0 aliphatic rings. The molecule has 8 heteroatoms. The number of carbonyl (C=O) groups is 1. The van der Waals surface area contributed by atoms with Gasteiger partial charge in [0.05, 0.1) is 13.3 Å². The average Bonchev–Trinajstić information content (AvgIpc) is 2.80. The first-order valence-corrected chi connectivity index (χ1v) is 12.5. The van der Waals surface area contributed by atoms with E-state index in [1.54, 1.807) is 43.3 Å². The van der Waals surface area contributed by atoms with Crippen molar-refractivity contribution in [3.8, 4) is 11.5 Å². The van der Waals surface area contributed by atoms with Crippen LogP contribution in [0.2, 0.25) is 0 Å². The minimum Gasteiger partial charge on any atom is -0.493 e. The predicted octanol–water partition coefficient (Wildman–Crippen LogP) is 5.14. The molecule has 184 valence electrons. The highest BCUT2D eigenvalue weighted by molar-refractivity contribution is 7.87. The molecule has 3 aromatic carbocycles. The summed E-state index contributed by atoms with van der Waals surface area (Å²) in [7, 11) is -2.64. The van der Waals surface area contributed by atoms with E-state index < -0.39 is 10.1 Å². The summed E-state index contributed by atoms with van der Waals surface area (Å²) in [5.74, 6) is -0.0753. The Hall–Kier alpha value is -3.65. The van der Waals surface area contributed by atoms with E-state index in [1.807, 2.05) is 25.1 Å². The predicted molar refractivity (Wildman–Crippen MR) is 137 cm³/mol. The van der Waals surface area contributed by atoms with Crippen LogP contribution >= 0.6 is 0 Å². The number of amides is 1. The van der Waals surface area contributed by atoms with Gasteiger partial charge >= 0.3 is 10.1 Å². The maximum Gasteiger partial charge on any atom is 0.339 e. The van der Waals surface area contributed by atoms with E-state index in [0.29, 0.717) is 16.7 Å². The largest absolute Gasteiger partial charge is 0.493 e. The molecule has 3 aromatic rings. The van der Waals surface area contributed by atoms with E-state index in [2.05, 4.69) is 31.3 Å². The zero-order chi connectivity index (χ0) is 25.8. The van der Waals surface area contributed by atoms with E-state index in [1.165, 1.54) is 19.4 Å². The van der Waals surface area contributed by atoms with Gasteiger partial charge in [-0.15, -0.1) is 0 Å². The molecule has 0 aliphatic heterocycles. The van der Waals surface area contributed by atoms with Crippen LogP contribution in [0.3, 0.4) is 0 Å². The van der Waals surface area contributed by atoms with Gasteiger partial charge in [0.25, 0.3) is 5.91 Å². The Morgan fingerprint density at radius 1 is 0.943 bits per heavy atom. The van der Waals surface area contributed by atoms with Crippen molar-refractivity contribution < 1.29 is 22.1 Å². The van der Waals surface area contributed by atoms with Gasteiger partial charge in [-0.25, -0.2) is 5.43 Å². The van der Waals surface area contributed by atoms with Gasteiger partial charge in [0, 0.05) is 5.56 Å². The summed E-state index contributed by atoms with van der Waals surface area (Å²) in [6.45, 7) is 9.84. The number of methoxy groups -OCH3 is 1. The average molecular weight is 495 g/mol. The van der Waals surface area contributed by atoms with E-state index in [-0.39, 0.29) is 27.7 Å². The fourth-order valence-corrected chi connectivity index (χ4v) is 4.58. The summed E-state index contributed by atoms with van der Waals surface area (Å²) >= 11 is 0. The van der Waals surface area contributed by atoms with Gasteiger partial charge in [0.1, 0.15) is 4.90 Å². The monoisotopic (exact) mass is 494 g/mol. The maximum absolute atomic E-state index is 12.8. The summed E-state index contributed by atoms with van der Waals surface area (Å²) in [6, 6.07) is 17.2. The van der Waals surface area contributed by atoms with Crippen LogP contribution in [-0.4, -0.2) is 27.6 Å². The Labute approximate surface area is 206 Å². The van der Waals surface area contributed by atoms with Crippen molar-refractivity contribution in [1.82, 2.24) is 5.43 Å². The smallest absolute Gasteiger partial charge is 0.339 e. The SMILES string of the molecule is COc1cc(C=NNC(=O)c2ccc(C(C)(C)C)cc2)ccc1OS(=O)(=O)c1cc(C)ccc1C. The summed E-state index contributed by atoms with van der Waals surface area (Å²) in [4.78, 5) is 12.5. The highest BCUT2D eigenvalue weighted by atomic mass is 32.2. The van der Waals surface area contributed by atoms with Crippen LogP contribution in [0.25, 0.3) is 0 Å². The number of rotatable bonds is 7. The van der Waals surface area contributed by atoms with Crippen LogP contribution in [0, 0.1) is 13.8 Å². The van der Waals surface area contributed by atoms with Crippen LogP contribution in [-0.2, 0) is 15.5 Å². The van der Waals surface area contributed by atoms with Crippen LogP contribution < -0.4 is 14.3 Å². The molecule has 0 spiro atoms. The fraction of sp³-hybridized carbons (Fsp3) is 0.259. The number of aryl methyl sites for hydroxylation is 2. The minimum atomic E-state index is -4.05. The fourth-order valence-electron chi connectivity index (χ4n) is 3.32. The van der Waals surface area contributed by atoms with Crippen molar-refractivity contribution in [1.29, 1.82) is 0 Å². The highest BCUT2D eigenvalue weighted by Crippen LogP contribution is 2.31. The van der Waals surface area contributed by atoms with Crippen molar-refractivity contribution in [2.24, 2.45) is 5.10 Å². The number of nitrogens with zero attached hydrogens (tertiary/aromatic N) is 1. The normalized spacial score (nSPS) is 11.9. The molecule has 0 saturated heterocycles. The summed E-state index contributed by atoms with van der Waals surface area (Å²) in [6.07, 6.45) is 1.44. The van der Waals surface area contributed by atoms with Gasteiger partial charge in [-0.1, -0.05) is 45.0 Å². The number of hydrogen-bond acceptors (Lipinski definition) is 6. The maximum atomic E-state index is 12.8. The summed E-state index contributed by atoms with van der Waals surface area (Å²) in [5, 5.41) is 4.00. The third-order valence-corrected chi connectivity index (χ3v) is 6.77. The molecule has 1 amide bonds. The van der Waals surface area contributed by atoms with Crippen LogP contribution in [0.5, 0.6) is 11.5 Å². The number of hydrazone groups is 1. The zero-order valence-corrected chi connectivity index (χ0v) is 21.6. The minimum absolute atomic E-state index is 0.000290. The lowest BCUT2D eigenvalue weighted by molar-refractivity contribution is 0.0955. The summed E-state index contributed by atoms with van der Waals surface area (Å²) in [5.41, 5.74) is 6.10. The molecule has 0 radical (unpaired) electrons. The Morgan fingerprint density at radius 3 is 2.26 bits per heavy atom. The first-order valence-electron chi connectivity index (χ1n) is 11.0. The molecule has 0 bridgehead atoms. The third kappa shape index (κ3) is 6.48. The van der Waals surface area contributed by atoms with Gasteiger partial charge in [-0.2, -0.15) is 13.5 Å². The van der Waals surface area contributed by atoms with E-state index in [9.17, 15) is 13.2 Å². The molecular formula is C27H30N2O5S. The molecule has 0 saturated carbocycles. The van der Waals surface area contributed by atoms with Crippen molar-refractivity contribution in [3.05, 3.63) is 88.5 Å². The molecule has 0 aliphatic carbocycles. The lowest BCUT2D eigenvalue weighted by Gasteiger charge is -2.18. The number of benzene rings is 3. The van der Waals surface area contributed by atoms with Gasteiger partial charge < -0.3 is 8.92 Å². The Balaban J connectivity index is 1.72. The third-order valence-electron chi connectivity index (χ3n) is 5.39. The van der Waals surface area contributed by atoms with Crippen LogP contribution in [0.1, 0.15) is 53.4 Å². The molecule has 35 heavy (non-hydrogen) atoms. The van der Waals surface area contributed by atoms with Crippen molar-refractivity contribution in [2.75, 3.05) is 7.11 Å². The molecule has 0 aromatic heterocycles. The second-order valence-corrected chi connectivity index (χ2v) is 10.8. The van der Waals surface area contributed by atoms with Crippen molar-refractivity contribution in [2.45, 2.75) is 44.9 Å². The lowest BCUT2D eigenvalue weighted by Crippen LogP contribution is -2.18. The quantitative estimate of drug-likeness (QED) is 0.279. The first kappa shape index (κ1) is 26.0. The number of hydrogen-bond donors (Lipinski definition) is 1. The van der Waals surface area contributed by atoms with Gasteiger partial charge in [0.2, 0.25) is 0 Å². The van der Waals surface area contributed by atoms with Crippen LogP contribution in [0.15, 0.2) is 70.7 Å². The number of nitrogens with one attached hydrogen (secondary N) is 1. The first-order chi connectivity index (χ1) is 16.4. The molecule has 7 nitrogen and oxygen atoms in total.